The first-order valence-electron chi connectivity index (χ1n) is 8.43. The van der Waals surface area contributed by atoms with Crippen LogP contribution in [0.5, 0.6) is 5.88 Å². The van der Waals surface area contributed by atoms with E-state index in [1.165, 1.54) is 12.4 Å². The topological polar surface area (TPSA) is 77.0 Å². The number of rotatable bonds is 5. The van der Waals surface area contributed by atoms with Crippen molar-refractivity contribution in [3.8, 4) is 5.88 Å². The van der Waals surface area contributed by atoms with Gasteiger partial charge in [-0.3, -0.25) is 9.78 Å². The van der Waals surface area contributed by atoms with Crippen molar-refractivity contribution in [1.82, 2.24) is 15.0 Å². The number of hydrogen-bond acceptors (Lipinski definition) is 5. The summed E-state index contributed by atoms with van der Waals surface area (Å²) in [6, 6.07) is 20.7. The molecular weight excluding hydrogens is 340 g/mol. The number of fused-ring (bicyclic) bond motifs is 1. The van der Waals surface area contributed by atoms with Crippen molar-refractivity contribution < 1.29 is 9.53 Å². The van der Waals surface area contributed by atoms with E-state index in [1.54, 1.807) is 12.3 Å². The van der Waals surface area contributed by atoms with E-state index in [9.17, 15) is 4.79 Å². The highest BCUT2D eigenvalue weighted by atomic mass is 16.5. The van der Waals surface area contributed by atoms with Crippen LogP contribution in [-0.2, 0) is 6.61 Å². The second-order valence-corrected chi connectivity index (χ2v) is 5.85. The van der Waals surface area contributed by atoms with Crippen LogP contribution in [0.2, 0.25) is 0 Å². The molecular formula is C21H16N4O2. The lowest BCUT2D eigenvalue weighted by Gasteiger charge is -2.09. The molecule has 4 rings (SSSR count). The Hall–Kier alpha value is -3.80. The molecule has 132 valence electrons. The van der Waals surface area contributed by atoms with Crippen LogP contribution in [0.4, 0.5) is 5.69 Å². The number of benzene rings is 2. The number of carbonyl (C=O) groups is 1. The SMILES string of the molecule is O=C(Nc1cccc2cccnc12)c1cc(OCc2ccccc2)ncn1. The lowest BCUT2D eigenvalue weighted by atomic mass is 10.2. The Kier molecular flexibility index (Phi) is 4.70. The molecule has 0 bridgehead atoms. The number of para-hydroxylation sites is 1. The molecule has 0 radical (unpaired) electrons. The third-order valence-electron chi connectivity index (χ3n) is 3.99. The monoisotopic (exact) mass is 356 g/mol. The van der Waals surface area contributed by atoms with E-state index in [-0.39, 0.29) is 11.6 Å². The Labute approximate surface area is 155 Å². The normalized spacial score (nSPS) is 10.5. The molecule has 0 atom stereocenters. The standard InChI is InChI=1S/C21H16N4O2/c26-21(25-17-10-4-8-16-9-5-11-22-20(16)17)18-12-19(24-14-23-18)27-13-15-6-2-1-3-7-15/h1-12,14H,13H2,(H,25,26). The Morgan fingerprint density at radius 3 is 2.67 bits per heavy atom. The van der Waals surface area contributed by atoms with E-state index < -0.39 is 0 Å². The third kappa shape index (κ3) is 3.90. The van der Waals surface area contributed by atoms with Gasteiger partial charge in [-0.15, -0.1) is 0 Å². The van der Waals surface area contributed by atoms with E-state index >= 15 is 0 Å². The fraction of sp³-hybridized carbons (Fsp3) is 0.0476. The van der Waals surface area contributed by atoms with Crippen LogP contribution in [0, 0.1) is 0 Å². The minimum absolute atomic E-state index is 0.223. The summed E-state index contributed by atoms with van der Waals surface area (Å²) < 4.78 is 5.66. The second-order valence-electron chi connectivity index (χ2n) is 5.85. The molecule has 2 aromatic carbocycles. The molecule has 0 saturated heterocycles. The van der Waals surface area contributed by atoms with E-state index in [4.69, 9.17) is 4.74 Å². The molecule has 1 amide bonds. The number of carbonyl (C=O) groups excluding carboxylic acids is 1. The fourth-order valence-corrected chi connectivity index (χ4v) is 2.67. The number of pyridine rings is 1. The molecule has 6 heteroatoms. The predicted octanol–water partition coefficient (Wildman–Crippen LogP) is 3.86. The number of aromatic nitrogens is 3. The Morgan fingerprint density at radius 1 is 0.926 bits per heavy atom. The number of anilines is 1. The van der Waals surface area contributed by atoms with Crippen molar-refractivity contribution in [1.29, 1.82) is 0 Å². The summed E-state index contributed by atoms with van der Waals surface area (Å²) >= 11 is 0. The summed E-state index contributed by atoms with van der Waals surface area (Å²) in [4.78, 5) is 25.1. The van der Waals surface area contributed by atoms with Gasteiger partial charge in [0.1, 0.15) is 18.6 Å². The van der Waals surface area contributed by atoms with E-state index in [1.807, 2.05) is 54.6 Å². The number of amides is 1. The van der Waals surface area contributed by atoms with Gasteiger partial charge in [0, 0.05) is 17.6 Å². The van der Waals surface area contributed by atoms with Gasteiger partial charge < -0.3 is 10.1 Å². The molecule has 2 aromatic heterocycles. The summed E-state index contributed by atoms with van der Waals surface area (Å²) in [5, 5.41) is 3.80. The van der Waals surface area contributed by atoms with Crippen LogP contribution >= 0.6 is 0 Å². The number of hydrogen-bond donors (Lipinski definition) is 1. The third-order valence-corrected chi connectivity index (χ3v) is 3.99. The van der Waals surface area contributed by atoms with E-state index in [0.717, 1.165) is 16.5 Å². The van der Waals surface area contributed by atoms with Crippen LogP contribution in [0.25, 0.3) is 10.9 Å². The van der Waals surface area contributed by atoms with Gasteiger partial charge in [0.25, 0.3) is 5.91 Å². The molecule has 1 N–H and O–H groups in total. The predicted molar refractivity (Wildman–Crippen MR) is 103 cm³/mol. The molecule has 2 heterocycles. The first kappa shape index (κ1) is 16.7. The van der Waals surface area contributed by atoms with Gasteiger partial charge >= 0.3 is 0 Å². The summed E-state index contributed by atoms with van der Waals surface area (Å²) in [6.07, 6.45) is 3.01. The van der Waals surface area contributed by atoms with E-state index in [2.05, 4.69) is 20.3 Å². The maximum atomic E-state index is 12.6. The van der Waals surface area contributed by atoms with Gasteiger partial charge in [-0.1, -0.05) is 48.5 Å². The van der Waals surface area contributed by atoms with Crippen molar-refractivity contribution in [3.63, 3.8) is 0 Å². The average molecular weight is 356 g/mol. The largest absolute Gasteiger partial charge is 0.473 e. The molecule has 0 unspecified atom stereocenters. The number of ether oxygens (including phenoxy) is 1. The molecule has 0 saturated carbocycles. The maximum Gasteiger partial charge on any atom is 0.274 e. The first-order valence-corrected chi connectivity index (χ1v) is 8.43. The Balaban J connectivity index is 1.50. The Morgan fingerprint density at radius 2 is 1.78 bits per heavy atom. The zero-order chi connectivity index (χ0) is 18.5. The molecule has 0 aliphatic rings. The minimum Gasteiger partial charge on any atom is -0.473 e. The molecule has 0 aliphatic heterocycles. The average Bonchev–Trinajstić information content (AvgIpc) is 2.73. The fourth-order valence-electron chi connectivity index (χ4n) is 2.67. The van der Waals surface area contributed by atoms with Crippen LogP contribution in [0.1, 0.15) is 16.1 Å². The number of nitrogens with one attached hydrogen (secondary N) is 1. The highest BCUT2D eigenvalue weighted by Gasteiger charge is 2.12. The van der Waals surface area contributed by atoms with Gasteiger partial charge in [-0.25, -0.2) is 9.97 Å². The van der Waals surface area contributed by atoms with Gasteiger partial charge in [-0.05, 0) is 17.7 Å². The van der Waals surface area contributed by atoms with Crippen molar-refractivity contribution in [3.05, 3.63) is 90.5 Å². The minimum atomic E-state index is -0.347. The smallest absolute Gasteiger partial charge is 0.274 e. The molecule has 27 heavy (non-hydrogen) atoms. The van der Waals surface area contributed by atoms with Gasteiger partial charge in [0.05, 0.1) is 11.2 Å². The summed E-state index contributed by atoms with van der Waals surface area (Å²) in [6.45, 7) is 0.367. The number of nitrogens with zero attached hydrogens (tertiary/aromatic N) is 3. The molecule has 0 aliphatic carbocycles. The first-order chi connectivity index (χ1) is 13.3. The molecule has 0 spiro atoms. The summed E-state index contributed by atoms with van der Waals surface area (Å²) in [5.74, 6) is -0.00448. The van der Waals surface area contributed by atoms with Gasteiger partial charge in [0.15, 0.2) is 0 Å². The second kappa shape index (κ2) is 7.61. The highest BCUT2D eigenvalue weighted by Crippen LogP contribution is 2.21. The Bertz CT molecular complexity index is 1080. The van der Waals surface area contributed by atoms with Crippen molar-refractivity contribution >= 4 is 22.5 Å². The quantitative estimate of drug-likeness (QED) is 0.588. The van der Waals surface area contributed by atoms with Crippen LogP contribution in [0.15, 0.2) is 79.3 Å². The summed E-state index contributed by atoms with van der Waals surface area (Å²) in [7, 11) is 0. The highest BCUT2D eigenvalue weighted by molar-refractivity contribution is 6.07. The van der Waals surface area contributed by atoms with Crippen molar-refractivity contribution in [2.24, 2.45) is 0 Å². The van der Waals surface area contributed by atoms with Crippen LogP contribution in [0.3, 0.4) is 0 Å². The van der Waals surface area contributed by atoms with Gasteiger partial charge in [0.2, 0.25) is 5.88 Å². The maximum absolute atomic E-state index is 12.6. The van der Waals surface area contributed by atoms with Gasteiger partial charge in [-0.2, -0.15) is 0 Å². The molecule has 4 aromatic rings. The van der Waals surface area contributed by atoms with Crippen LogP contribution in [-0.4, -0.2) is 20.9 Å². The van der Waals surface area contributed by atoms with Crippen LogP contribution < -0.4 is 10.1 Å². The van der Waals surface area contributed by atoms with Crippen molar-refractivity contribution in [2.75, 3.05) is 5.32 Å². The zero-order valence-electron chi connectivity index (χ0n) is 14.4. The lowest BCUT2D eigenvalue weighted by molar-refractivity contribution is 0.102. The summed E-state index contributed by atoms with van der Waals surface area (Å²) in [5.41, 5.74) is 2.59. The van der Waals surface area contributed by atoms with Crippen molar-refractivity contribution in [2.45, 2.75) is 6.61 Å². The van der Waals surface area contributed by atoms with E-state index in [0.29, 0.717) is 18.2 Å². The lowest BCUT2D eigenvalue weighted by Crippen LogP contribution is -2.14. The molecule has 0 fully saturated rings. The zero-order valence-corrected chi connectivity index (χ0v) is 14.4. The molecule has 6 nitrogen and oxygen atoms in total.